The van der Waals surface area contributed by atoms with Crippen molar-refractivity contribution in [3.05, 3.63) is 0 Å². The lowest BCUT2D eigenvalue weighted by Gasteiger charge is -2.41. The molecule has 0 aromatic rings. The maximum absolute atomic E-state index is 3.51. The highest BCUT2D eigenvalue weighted by atomic mass is 15.3. The van der Waals surface area contributed by atoms with Gasteiger partial charge in [0.1, 0.15) is 0 Å². The molecule has 1 rings (SSSR count). The second-order valence-electron chi connectivity index (χ2n) is 5.42. The zero-order valence-corrected chi connectivity index (χ0v) is 12.2. The van der Waals surface area contributed by atoms with Crippen LogP contribution in [0.15, 0.2) is 0 Å². The highest BCUT2D eigenvalue weighted by Gasteiger charge is 2.23. The average molecular weight is 241 g/mol. The summed E-state index contributed by atoms with van der Waals surface area (Å²) in [4.78, 5) is 5.28. The van der Waals surface area contributed by atoms with Gasteiger partial charge in [0.15, 0.2) is 0 Å². The minimum atomic E-state index is 0.704. The van der Waals surface area contributed by atoms with Gasteiger partial charge in [-0.25, -0.2) is 0 Å². The van der Waals surface area contributed by atoms with E-state index >= 15 is 0 Å². The molecule has 0 radical (unpaired) electrons. The molecule has 0 saturated carbocycles. The van der Waals surface area contributed by atoms with Gasteiger partial charge < -0.3 is 5.32 Å². The van der Waals surface area contributed by atoms with E-state index < -0.39 is 0 Å². The van der Waals surface area contributed by atoms with Crippen LogP contribution >= 0.6 is 0 Å². The van der Waals surface area contributed by atoms with Crippen LogP contribution in [0.3, 0.4) is 0 Å². The number of rotatable bonds is 7. The number of likely N-dealkylation sites (N-methyl/N-ethyl adjacent to an activating group) is 1. The van der Waals surface area contributed by atoms with Crippen LogP contribution in [0, 0.1) is 0 Å². The molecule has 102 valence electrons. The first-order chi connectivity index (χ1) is 8.19. The fourth-order valence-electron chi connectivity index (χ4n) is 2.68. The summed E-state index contributed by atoms with van der Waals surface area (Å²) < 4.78 is 0. The molecule has 17 heavy (non-hydrogen) atoms. The summed E-state index contributed by atoms with van der Waals surface area (Å²) in [6.45, 7) is 16.3. The third-order valence-electron chi connectivity index (χ3n) is 3.85. The molecule has 1 heterocycles. The number of piperazine rings is 1. The lowest BCUT2D eigenvalue weighted by molar-refractivity contribution is 0.0745. The van der Waals surface area contributed by atoms with Gasteiger partial charge in [-0.2, -0.15) is 0 Å². The first kappa shape index (κ1) is 14.9. The van der Waals surface area contributed by atoms with E-state index in [0.29, 0.717) is 6.04 Å². The summed E-state index contributed by atoms with van der Waals surface area (Å²) >= 11 is 0. The van der Waals surface area contributed by atoms with Crippen LogP contribution in [0.2, 0.25) is 0 Å². The maximum Gasteiger partial charge on any atom is 0.0221 e. The molecule has 0 amide bonds. The van der Waals surface area contributed by atoms with Crippen LogP contribution in [0.25, 0.3) is 0 Å². The SMILES string of the molecule is CCCC(CNCC)N1CCN(C(C)C)CC1. The predicted molar refractivity (Wildman–Crippen MR) is 75.5 cm³/mol. The summed E-state index contributed by atoms with van der Waals surface area (Å²) in [6, 6.07) is 1.45. The quantitative estimate of drug-likeness (QED) is 0.733. The molecule has 0 spiro atoms. The largest absolute Gasteiger partial charge is 0.315 e. The van der Waals surface area contributed by atoms with Gasteiger partial charge in [0, 0.05) is 44.8 Å². The van der Waals surface area contributed by atoms with E-state index in [1.165, 1.54) is 39.0 Å². The molecule has 0 aromatic carbocycles. The zero-order valence-electron chi connectivity index (χ0n) is 12.2. The Morgan fingerprint density at radius 2 is 1.59 bits per heavy atom. The highest BCUT2D eigenvalue weighted by molar-refractivity contribution is 4.80. The summed E-state index contributed by atoms with van der Waals surface area (Å²) in [5.41, 5.74) is 0. The fraction of sp³-hybridized carbons (Fsp3) is 1.00. The van der Waals surface area contributed by atoms with E-state index in [2.05, 4.69) is 42.8 Å². The Morgan fingerprint density at radius 1 is 1.00 bits per heavy atom. The van der Waals surface area contributed by atoms with Crippen LogP contribution in [-0.2, 0) is 0 Å². The Hall–Kier alpha value is -0.120. The monoisotopic (exact) mass is 241 g/mol. The van der Waals surface area contributed by atoms with Gasteiger partial charge in [-0.1, -0.05) is 20.3 Å². The second kappa shape index (κ2) is 8.06. The zero-order chi connectivity index (χ0) is 12.7. The van der Waals surface area contributed by atoms with E-state index in [-0.39, 0.29) is 0 Å². The molecule has 1 aliphatic heterocycles. The summed E-state index contributed by atoms with van der Waals surface area (Å²) in [5, 5.41) is 3.51. The molecule has 1 N–H and O–H groups in total. The average Bonchev–Trinajstić information content (AvgIpc) is 2.34. The van der Waals surface area contributed by atoms with Gasteiger partial charge in [-0.3, -0.25) is 9.80 Å². The third kappa shape index (κ3) is 4.94. The van der Waals surface area contributed by atoms with E-state index in [0.717, 1.165) is 19.1 Å². The molecule has 0 aromatic heterocycles. The molecule has 3 nitrogen and oxygen atoms in total. The predicted octanol–water partition coefficient (Wildman–Crippen LogP) is 1.79. The Labute approximate surface area is 108 Å². The molecule has 1 atom stereocenters. The van der Waals surface area contributed by atoms with E-state index in [1.807, 2.05) is 0 Å². The van der Waals surface area contributed by atoms with Gasteiger partial charge >= 0.3 is 0 Å². The van der Waals surface area contributed by atoms with E-state index in [1.54, 1.807) is 0 Å². The van der Waals surface area contributed by atoms with Gasteiger partial charge in [-0.15, -0.1) is 0 Å². The van der Waals surface area contributed by atoms with Crippen molar-refractivity contribution < 1.29 is 0 Å². The van der Waals surface area contributed by atoms with Crippen LogP contribution in [0.5, 0.6) is 0 Å². The van der Waals surface area contributed by atoms with Gasteiger partial charge in [0.2, 0.25) is 0 Å². The molecular weight excluding hydrogens is 210 g/mol. The van der Waals surface area contributed by atoms with Crippen molar-refractivity contribution in [3.8, 4) is 0 Å². The lowest BCUT2D eigenvalue weighted by atomic mass is 10.1. The van der Waals surface area contributed by atoms with Crippen LogP contribution in [0.1, 0.15) is 40.5 Å². The number of nitrogens with zero attached hydrogens (tertiary/aromatic N) is 2. The summed E-state index contributed by atoms with van der Waals surface area (Å²) in [5.74, 6) is 0. The van der Waals surface area contributed by atoms with E-state index in [9.17, 15) is 0 Å². The minimum absolute atomic E-state index is 0.704. The topological polar surface area (TPSA) is 18.5 Å². The van der Waals surface area contributed by atoms with Gasteiger partial charge in [-0.05, 0) is 26.8 Å². The Bertz CT molecular complexity index is 186. The van der Waals surface area contributed by atoms with Crippen LogP contribution < -0.4 is 5.32 Å². The first-order valence-electron chi connectivity index (χ1n) is 7.37. The van der Waals surface area contributed by atoms with Crippen molar-refractivity contribution in [3.63, 3.8) is 0 Å². The summed E-state index contributed by atoms with van der Waals surface area (Å²) in [7, 11) is 0. The van der Waals surface area contributed by atoms with Crippen molar-refractivity contribution in [2.75, 3.05) is 39.3 Å². The van der Waals surface area contributed by atoms with Crippen LogP contribution in [-0.4, -0.2) is 61.2 Å². The van der Waals surface area contributed by atoms with Crippen LogP contribution in [0.4, 0.5) is 0 Å². The Morgan fingerprint density at radius 3 is 2.06 bits per heavy atom. The molecule has 1 fully saturated rings. The fourth-order valence-corrected chi connectivity index (χ4v) is 2.68. The summed E-state index contributed by atoms with van der Waals surface area (Å²) in [6.07, 6.45) is 2.62. The number of hydrogen-bond donors (Lipinski definition) is 1. The van der Waals surface area contributed by atoms with Gasteiger partial charge in [0.25, 0.3) is 0 Å². The molecule has 0 aliphatic carbocycles. The Kier molecular flexibility index (Phi) is 7.09. The number of hydrogen-bond acceptors (Lipinski definition) is 3. The normalized spacial score (nSPS) is 21.0. The van der Waals surface area contributed by atoms with Crippen molar-refractivity contribution in [1.82, 2.24) is 15.1 Å². The van der Waals surface area contributed by atoms with Gasteiger partial charge in [0.05, 0.1) is 0 Å². The molecular formula is C14H31N3. The van der Waals surface area contributed by atoms with E-state index in [4.69, 9.17) is 0 Å². The molecule has 1 aliphatic rings. The number of nitrogens with one attached hydrogen (secondary N) is 1. The molecule has 1 unspecified atom stereocenters. The lowest BCUT2D eigenvalue weighted by Crippen LogP contribution is -2.54. The third-order valence-corrected chi connectivity index (χ3v) is 3.85. The Balaban J connectivity index is 2.37. The minimum Gasteiger partial charge on any atom is -0.315 e. The molecule has 3 heteroatoms. The maximum atomic E-state index is 3.51. The molecule has 0 bridgehead atoms. The molecule has 1 saturated heterocycles. The standard InChI is InChI=1S/C14H31N3/c1-5-7-14(12-15-6-2)17-10-8-16(9-11-17)13(3)4/h13-15H,5-12H2,1-4H3. The van der Waals surface area contributed by atoms with Crippen molar-refractivity contribution in [2.45, 2.75) is 52.6 Å². The van der Waals surface area contributed by atoms with Crippen molar-refractivity contribution in [2.24, 2.45) is 0 Å². The second-order valence-corrected chi connectivity index (χ2v) is 5.42. The smallest absolute Gasteiger partial charge is 0.0221 e. The van der Waals surface area contributed by atoms with Crippen molar-refractivity contribution in [1.29, 1.82) is 0 Å². The van der Waals surface area contributed by atoms with Crippen molar-refractivity contribution >= 4 is 0 Å². The highest BCUT2D eigenvalue weighted by Crippen LogP contribution is 2.12. The first-order valence-corrected chi connectivity index (χ1v) is 7.37.